The fourth-order valence-electron chi connectivity index (χ4n) is 1.54. The average molecular weight is 205 g/mol. The molecule has 2 N–H and O–H groups in total. The summed E-state index contributed by atoms with van der Waals surface area (Å²) in [5.74, 6) is 0. The molecule has 1 aliphatic carbocycles. The molecule has 0 radical (unpaired) electrons. The SMILES string of the molecule is CCC(N)C1=CCCC=C1C(F)(F)F. The molecule has 1 aliphatic rings. The average Bonchev–Trinajstić information content (AvgIpc) is 2.15. The number of nitrogens with two attached hydrogens (primary N) is 1. The zero-order chi connectivity index (χ0) is 10.8. The number of halogens is 3. The molecule has 1 atom stereocenters. The lowest BCUT2D eigenvalue weighted by Crippen LogP contribution is -2.28. The first kappa shape index (κ1) is 11.3. The van der Waals surface area contributed by atoms with E-state index in [0.717, 1.165) is 0 Å². The maximum absolute atomic E-state index is 12.5. The van der Waals surface area contributed by atoms with Crippen molar-refractivity contribution in [3.05, 3.63) is 23.3 Å². The predicted octanol–water partition coefficient (Wildman–Crippen LogP) is 2.93. The molecule has 0 aromatic heterocycles. The Labute approximate surface area is 81.5 Å². The molecule has 80 valence electrons. The lowest BCUT2D eigenvalue weighted by molar-refractivity contribution is -0.0902. The maximum atomic E-state index is 12.5. The number of allylic oxidation sites excluding steroid dienone is 2. The minimum atomic E-state index is -4.26. The van der Waals surface area contributed by atoms with Crippen LogP contribution in [0.2, 0.25) is 0 Å². The van der Waals surface area contributed by atoms with Gasteiger partial charge in [0.25, 0.3) is 0 Å². The molecule has 0 saturated heterocycles. The Kier molecular flexibility index (Phi) is 3.37. The van der Waals surface area contributed by atoms with E-state index in [-0.39, 0.29) is 5.57 Å². The van der Waals surface area contributed by atoms with E-state index in [1.165, 1.54) is 6.08 Å². The van der Waals surface area contributed by atoms with Crippen LogP contribution in [-0.2, 0) is 0 Å². The molecule has 0 aromatic rings. The largest absolute Gasteiger partial charge is 0.416 e. The summed E-state index contributed by atoms with van der Waals surface area (Å²) in [6.45, 7) is 1.79. The van der Waals surface area contributed by atoms with Gasteiger partial charge < -0.3 is 5.73 Å². The van der Waals surface area contributed by atoms with Crippen molar-refractivity contribution in [1.29, 1.82) is 0 Å². The Balaban J connectivity index is 2.93. The fraction of sp³-hybridized carbons (Fsp3) is 0.600. The molecule has 0 saturated carbocycles. The third-order valence-corrected chi connectivity index (χ3v) is 2.34. The summed E-state index contributed by atoms with van der Waals surface area (Å²) >= 11 is 0. The van der Waals surface area contributed by atoms with E-state index in [2.05, 4.69) is 0 Å². The first-order valence-electron chi connectivity index (χ1n) is 4.70. The Morgan fingerprint density at radius 3 is 2.43 bits per heavy atom. The molecule has 1 unspecified atom stereocenters. The summed E-state index contributed by atoms with van der Waals surface area (Å²) in [5, 5.41) is 0. The van der Waals surface area contributed by atoms with Crippen LogP contribution in [0, 0.1) is 0 Å². The van der Waals surface area contributed by atoms with Crippen LogP contribution in [0.5, 0.6) is 0 Å². The molecule has 1 rings (SSSR count). The lowest BCUT2D eigenvalue weighted by Gasteiger charge is -2.22. The quantitative estimate of drug-likeness (QED) is 0.737. The van der Waals surface area contributed by atoms with Crippen molar-refractivity contribution in [2.45, 2.75) is 38.4 Å². The highest BCUT2D eigenvalue weighted by Crippen LogP contribution is 2.35. The summed E-state index contributed by atoms with van der Waals surface area (Å²) in [6.07, 6.45) is 0.220. The van der Waals surface area contributed by atoms with E-state index in [1.54, 1.807) is 13.0 Å². The molecule has 0 bridgehead atoms. The Morgan fingerprint density at radius 1 is 1.36 bits per heavy atom. The second-order valence-corrected chi connectivity index (χ2v) is 3.37. The zero-order valence-electron chi connectivity index (χ0n) is 8.06. The molecule has 1 nitrogen and oxygen atoms in total. The highest BCUT2D eigenvalue weighted by atomic mass is 19.4. The Hall–Kier alpha value is -0.770. The number of hydrogen-bond acceptors (Lipinski definition) is 1. The van der Waals surface area contributed by atoms with Crippen LogP contribution in [0.15, 0.2) is 23.3 Å². The van der Waals surface area contributed by atoms with Gasteiger partial charge in [-0.1, -0.05) is 19.1 Å². The smallest absolute Gasteiger partial charge is 0.324 e. The van der Waals surface area contributed by atoms with Gasteiger partial charge in [0.05, 0.1) is 5.57 Å². The van der Waals surface area contributed by atoms with Crippen molar-refractivity contribution in [3.8, 4) is 0 Å². The fourth-order valence-corrected chi connectivity index (χ4v) is 1.54. The topological polar surface area (TPSA) is 26.0 Å². The minimum Gasteiger partial charge on any atom is -0.324 e. The van der Waals surface area contributed by atoms with Crippen molar-refractivity contribution >= 4 is 0 Å². The van der Waals surface area contributed by atoms with Crippen LogP contribution < -0.4 is 5.73 Å². The predicted molar refractivity (Wildman–Crippen MR) is 49.7 cm³/mol. The van der Waals surface area contributed by atoms with Gasteiger partial charge in [-0.2, -0.15) is 13.2 Å². The van der Waals surface area contributed by atoms with Gasteiger partial charge in [-0.25, -0.2) is 0 Å². The first-order chi connectivity index (χ1) is 6.46. The van der Waals surface area contributed by atoms with E-state index in [4.69, 9.17) is 5.73 Å². The molecule has 4 heteroatoms. The van der Waals surface area contributed by atoms with E-state index < -0.39 is 17.8 Å². The van der Waals surface area contributed by atoms with Crippen LogP contribution in [0.3, 0.4) is 0 Å². The van der Waals surface area contributed by atoms with Gasteiger partial charge >= 0.3 is 6.18 Å². The van der Waals surface area contributed by atoms with E-state index in [9.17, 15) is 13.2 Å². The van der Waals surface area contributed by atoms with Crippen LogP contribution >= 0.6 is 0 Å². The molecule has 14 heavy (non-hydrogen) atoms. The number of alkyl halides is 3. The first-order valence-corrected chi connectivity index (χ1v) is 4.70. The minimum absolute atomic E-state index is 0.256. The standard InChI is InChI=1S/C10H14F3N/c1-2-9(14)7-5-3-4-6-8(7)10(11,12)13/h5-6,9H,2-4,14H2,1H3. The van der Waals surface area contributed by atoms with Gasteiger partial charge in [0.1, 0.15) is 0 Å². The van der Waals surface area contributed by atoms with Crippen molar-refractivity contribution in [2.24, 2.45) is 5.73 Å². The summed E-state index contributed by atoms with van der Waals surface area (Å²) in [6, 6.07) is -0.497. The van der Waals surface area contributed by atoms with Crippen LogP contribution in [-0.4, -0.2) is 12.2 Å². The summed E-state index contributed by atoms with van der Waals surface area (Å²) in [4.78, 5) is 0. The van der Waals surface area contributed by atoms with Gasteiger partial charge in [-0.05, 0) is 24.8 Å². The van der Waals surface area contributed by atoms with Crippen LogP contribution in [0.25, 0.3) is 0 Å². The highest BCUT2D eigenvalue weighted by Gasteiger charge is 2.37. The summed E-state index contributed by atoms with van der Waals surface area (Å²) in [7, 11) is 0. The monoisotopic (exact) mass is 205 g/mol. The van der Waals surface area contributed by atoms with Gasteiger partial charge in [-0.3, -0.25) is 0 Å². The molecule has 0 fully saturated rings. The van der Waals surface area contributed by atoms with Crippen LogP contribution in [0.1, 0.15) is 26.2 Å². The van der Waals surface area contributed by atoms with Gasteiger partial charge in [-0.15, -0.1) is 0 Å². The third kappa shape index (κ3) is 2.38. The number of hydrogen-bond donors (Lipinski definition) is 1. The normalized spacial score (nSPS) is 20.1. The van der Waals surface area contributed by atoms with Gasteiger partial charge in [0.2, 0.25) is 0 Å². The Bertz CT molecular complexity index is 263. The lowest BCUT2D eigenvalue weighted by atomic mass is 9.91. The molecular formula is C10H14F3N. The Morgan fingerprint density at radius 2 is 1.93 bits per heavy atom. The third-order valence-electron chi connectivity index (χ3n) is 2.34. The van der Waals surface area contributed by atoms with Gasteiger partial charge in [0.15, 0.2) is 0 Å². The van der Waals surface area contributed by atoms with E-state index in [1.807, 2.05) is 0 Å². The molecular weight excluding hydrogens is 191 g/mol. The van der Waals surface area contributed by atoms with E-state index in [0.29, 0.717) is 19.3 Å². The zero-order valence-corrected chi connectivity index (χ0v) is 8.06. The van der Waals surface area contributed by atoms with Crippen molar-refractivity contribution in [1.82, 2.24) is 0 Å². The molecule has 0 aromatic carbocycles. The second-order valence-electron chi connectivity index (χ2n) is 3.37. The van der Waals surface area contributed by atoms with Crippen molar-refractivity contribution in [2.75, 3.05) is 0 Å². The van der Waals surface area contributed by atoms with E-state index >= 15 is 0 Å². The molecule has 0 spiro atoms. The summed E-state index contributed by atoms with van der Waals surface area (Å²) in [5.41, 5.74) is 5.34. The maximum Gasteiger partial charge on any atom is 0.416 e. The molecule has 0 amide bonds. The summed E-state index contributed by atoms with van der Waals surface area (Å²) < 4.78 is 37.6. The van der Waals surface area contributed by atoms with Crippen molar-refractivity contribution < 1.29 is 13.2 Å². The molecule has 0 heterocycles. The second kappa shape index (κ2) is 4.17. The number of rotatable bonds is 2. The van der Waals surface area contributed by atoms with Crippen molar-refractivity contribution in [3.63, 3.8) is 0 Å². The van der Waals surface area contributed by atoms with Crippen LogP contribution in [0.4, 0.5) is 13.2 Å². The molecule has 0 aliphatic heterocycles. The van der Waals surface area contributed by atoms with Gasteiger partial charge in [0, 0.05) is 6.04 Å². The highest BCUT2D eigenvalue weighted by molar-refractivity contribution is 5.40.